The second-order valence-corrected chi connectivity index (χ2v) is 7.27. The third-order valence-corrected chi connectivity index (χ3v) is 5.55. The normalized spacial score (nSPS) is 27.5. The zero-order valence-electron chi connectivity index (χ0n) is 15.3. The van der Waals surface area contributed by atoms with Gasteiger partial charge in [0.05, 0.1) is 17.9 Å². The number of carbonyl (C=O) groups excluding carboxylic acids is 2. The molecule has 2 aliphatic carbocycles. The minimum Gasteiger partial charge on any atom is -0.461 e. The van der Waals surface area contributed by atoms with Crippen LogP contribution < -0.4 is 0 Å². The molecule has 3 unspecified atom stereocenters. The Morgan fingerprint density at radius 2 is 1.11 bits per heavy atom. The van der Waals surface area contributed by atoms with Gasteiger partial charge < -0.3 is 14.6 Å². The van der Waals surface area contributed by atoms with Gasteiger partial charge in [-0.05, 0) is 11.1 Å². The maximum Gasteiger partial charge on any atom is 0.310 e. The minimum atomic E-state index is -0.761. The molecule has 2 aromatic carbocycles. The average molecular weight is 378 g/mol. The molecule has 1 N–H and O–H groups in total. The van der Waals surface area contributed by atoms with Crippen molar-refractivity contribution in [1.29, 1.82) is 0 Å². The number of benzene rings is 2. The molecule has 1 fully saturated rings. The Hall–Kier alpha value is -2.92. The molecule has 0 amide bonds. The van der Waals surface area contributed by atoms with E-state index in [4.69, 9.17) is 9.47 Å². The number of ether oxygens (including phenoxy) is 2. The van der Waals surface area contributed by atoms with Crippen molar-refractivity contribution in [3.63, 3.8) is 0 Å². The molecule has 0 heterocycles. The van der Waals surface area contributed by atoms with Crippen LogP contribution in [0.25, 0.3) is 0 Å². The van der Waals surface area contributed by atoms with Crippen LogP contribution in [-0.2, 0) is 32.3 Å². The fourth-order valence-corrected chi connectivity index (χ4v) is 4.14. The summed E-state index contributed by atoms with van der Waals surface area (Å²) in [6.07, 6.45) is 2.86. The maximum atomic E-state index is 12.8. The number of aliphatic hydroxyl groups excluding tert-OH is 1. The number of rotatable bonds is 6. The molecule has 0 saturated heterocycles. The number of hydrogen-bond donors (Lipinski definition) is 1. The first-order valence-corrected chi connectivity index (χ1v) is 9.42. The topological polar surface area (TPSA) is 72.8 Å². The molecule has 5 heteroatoms. The quantitative estimate of drug-likeness (QED) is 0.618. The lowest BCUT2D eigenvalue weighted by Crippen LogP contribution is -2.35. The Bertz CT molecular complexity index is 790. The predicted molar refractivity (Wildman–Crippen MR) is 102 cm³/mol. The molecule has 0 aromatic heterocycles. The van der Waals surface area contributed by atoms with Gasteiger partial charge in [0.25, 0.3) is 0 Å². The Labute approximate surface area is 163 Å². The molecule has 2 aliphatic rings. The van der Waals surface area contributed by atoms with E-state index in [-0.39, 0.29) is 13.2 Å². The molecule has 5 atom stereocenters. The monoisotopic (exact) mass is 378 g/mol. The van der Waals surface area contributed by atoms with Gasteiger partial charge in [-0.15, -0.1) is 0 Å². The summed E-state index contributed by atoms with van der Waals surface area (Å²) in [6, 6.07) is 18.7. The van der Waals surface area contributed by atoms with Gasteiger partial charge in [-0.25, -0.2) is 0 Å². The van der Waals surface area contributed by atoms with Crippen molar-refractivity contribution in [2.45, 2.75) is 19.3 Å². The van der Waals surface area contributed by atoms with Gasteiger partial charge in [-0.2, -0.15) is 0 Å². The Kier molecular flexibility index (Phi) is 5.26. The fourth-order valence-electron chi connectivity index (χ4n) is 4.14. The first-order chi connectivity index (χ1) is 13.6. The first-order valence-electron chi connectivity index (χ1n) is 9.42. The van der Waals surface area contributed by atoms with E-state index in [0.717, 1.165) is 11.1 Å². The molecular formula is C23H22O5. The van der Waals surface area contributed by atoms with Crippen LogP contribution in [0.2, 0.25) is 0 Å². The van der Waals surface area contributed by atoms with Crippen molar-refractivity contribution in [2.24, 2.45) is 23.7 Å². The van der Waals surface area contributed by atoms with Crippen molar-refractivity contribution in [3.05, 3.63) is 83.9 Å². The van der Waals surface area contributed by atoms with Crippen molar-refractivity contribution in [3.8, 4) is 0 Å². The van der Waals surface area contributed by atoms with Gasteiger partial charge in [0.1, 0.15) is 13.2 Å². The Morgan fingerprint density at radius 3 is 1.50 bits per heavy atom. The number of esters is 2. The van der Waals surface area contributed by atoms with E-state index in [2.05, 4.69) is 0 Å². The molecule has 0 spiro atoms. The zero-order chi connectivity index (χ0) is 19.5. The molecular weight excluding hydrogens is 356 g/mol. The molecule has 5 nitrogen and oxygen atoms in total. The largest absolute Gasteiger partial charge is 0.461 e. The third kappa shape index (κ3) is 3.58. The number of aliphatic hydroxyl groups is 1. The van der Waals surface area contributed by atoms with E-state index in [0.29, 0.717) is 0 Å². The molecule has 0 aliphatic heterocycles. The number of hydrogen-bond acceptors (Lipinski definition) is 5. The zero-order valence-corrected chi connectivity index (χ0v) is 15.3. The maximum absolute atomic E-state index is 12.8. The second-order valence-electron chi connectivity index (χ2n) is 7.27. The highest BCUT2D eigenvalue weighted by Gasteiger charge is 2.58. The standard InChI is InChI=1S/C23H22O5/c24-21-17-11-12-18(21)20(23(26)28-14-16-9-5-2-6-10-16)19(17)22(25)27-13-15-7-3-1-4-8-15/h1-12,17-21,24H,13-14H2/t17?,18?,19-,20+,21?. The molecule has 4 rings (SSSR count). The highest BCUT2D eigenvalue weighted by Crippen LogP contribution is 2.49. The number of carbonyl (C=O) groups is 2. The molecule has 2 bridgehead atoms. The predicted octanol–water partition coefficient (Wildman–Crippen LogP) is 2.88. The van der Waals surface area contributed by atoms with Crippen LogP contribution in [0.1, 0.15) is 11.1 Å². The summed E-state index contributed by atoms with van der Waals surface area (Å²) in [5, 5.41) is 10.5. The van der Waals surface area contributed by atoms with Crippen LogP contribution in [0.3, 0.4) is 0 Å². The van der Waals surface area contributed by atoms with Gasteiger partial charge in [-0.1, -0.05) is 72.8 Å². The van der Waals surface area contributed by atoms with Crippen LogP contribution in [0.15, 0.2) is 72.8 Å². The summed E-state index contributed by atoms with van der Waals surface area (Å²) >= 11 is 0. The van der Waals surface area contributed by atoms with Crippen LogP contribution in [0, 0.1) is 23.7 Å². The minimum absolute atomic E-state index is 0.138. The number of fused-ring (bicyclic) bond motifs is 2. The lowest BCUT2D eigenvalue weighted by molar-refractivity contribution is -0.162. The summed E-state index contributed by atoms with van der Waals surface area (Å²) in [5.74, 6) is -3.22. The highest BCUT2D eigenvalue weighted by atomic mass is 16.5. The van der Waals surface area contributed by atoms with Gasteiger partial charge in [0, 0.05) is 11.8 Å². The summed E-state index contributed by atoms with van der Waals surface area (Å²) in [7, 11) is 0. The van der Waals surface area contributed by atoms with E-state index < -0.39 is 41.7 Å². The van der Waals surface area contributed by atoms with E-state index in [1.54, 1.807) is 0 Å². The summed E-state index contributed by atoms with van der Waals surface area (Å²) < 4.78 is 10.9. The lowest BCUT2D eigenvalue weighted by atomic mass is 9.83. The van der Waals surface area contributed by atoms with Crippen molar-refractivity contribution >= 4 is 11.9 Å². The summed E-state index contributed by atoms with van der Waals surface area (Å²) in [6.45, 7) is 0.276. The van der Waals surface area contributed by atoms with Crippen molar-refractivity contribution in [2.75, 3.05) is 0 Å². The van der Waals surface area contributed by atoms with Gasteiger partial charge in [0.15, 0.2) is 0 Å². The molecule has 144 valence electrons. The lowest BCUT2D eigenvalue weighted by Gasteiger charge is -2.24. The Balaban J connectivity index is 1.44. The molecule has 28 heavy (non-hydrogen) atoms. The summed E-state index contributed by atoms with van der Waals surface area (Å²) in [4.78, 5) is 25.5. The van der Waals surface area contributed by atoms with Gasteiger partial charge in [-0.3, -0.25) is 9.59 Å². The molecule has 0 radical (unpaired) electrons. The van der Waals surface area contributed by atoms with Crippen molar-refractivity contribution < 1.29 is 24.2 Å². The molecule has 1 saturated carbocycles. The Morgan fingerprint density at radius 1 is 0.714 bits per heavy atom. The fraction of sp³-hybridized carbons (Fsp3) is 0.304. The highest BCUT2D eigenvalue weighted by molar-refractivity contribution is 5.85. The summed E-state index contributed by atoms with van der Waals surface area (Å²) in [5.41, 5.74) is 1.75. The van der Waals surface area contributed by atoms with E-state index in [1.165, 1.54) is 0 Å². The van der Waals surface area contributed by atoms with Gasteiger partial charge >= 0.3 is 11.9 Å². The average Bonchev–Trinajstić information content (AvgIpc) is 3.24. The first kappa shape index (κ1) is 18.4. The van der Waals surface area contributed by atoms with E-state index in [9.17, 15) is 14.7 Å². The van der Waals surface area contributed by atoms with E-state index >= 15 is 0 Å². The van der Waals surface area contributed by atoms with Crippen molar-refractivity contribution in [1.82, 2.24) is 0 Å². The third-order valence-electron chi connectivity index (χ3n) is 5.55. The van der Waals surface area contributed by atoms with Crippen LogP contribution in [-0.4, -0.2) is 23.1 Å². The second kappa shape index (κ2) is 7.98. The van der Waals surface area contributed by atoms with Crippen LogP contribution >= 0.6 is 0 Å². The smallest absolute Gasteiger partial charge is 0.310 e. The molecule has 2 aromatic rings. The van der Waals surface area contributed by atoms with Crippen LogP contribution in [0.5, 0.6) is 0 Å². The van der Waals surface area contributed by atoms with E-state index in [1.807, 2.05) is 72.8 Å². The SMILES string of the molecule is O=C(OCc1ccccc1)[C@@H]1C2C=CC(C2O)[C@@H]1C(=O)OCc1ccccc1. The van der Waals surface area contributed by atoms with Crippen LogP contribution in [0.4, 0.5) is 0 Å². The van der Waals surface area contributed by atoms with Gasteiger partial charge in [0.2, 0.25) is 0 Å².